The van der Waals surface area contributed by atoms with E-state index < -0.39 is 24.1 Å². The summed E-state index contributed by atoms with van der Waals surface area (Å²) in [4.78, 5) is 16.4. The first-order chi connectivity index (χ1) is 12.8. The highest BCUT2D eigenvalue weighted by atomic mass is 32.5. The summed E-state index contributed by atoms with van der Waals surface area (Å²) in [6.07, 6.45) is 5.04. The molecule has 8 nitrogen and oxygen atoms in total. The van der Waals surface area contributed by atoms with E-state index in [-0.39, 0.29) is 5.88 Å². The molecule has 27 heavy (non-hydrogen) atoms. The summed E-state index contributed by atoms with van der Waals surface area (Å²) in [5, 5.41) is 6.68. The molecule has 160 valence electrons. The molecule has 0 aliphatic rings. The summed E-state index contributed by atoms with van der Waals surface area (Å²) in [7, 11) is 0. The van der Waals surface area contributed by atoms with Gasteiger partial charge in [0.15, 0.2) is 0 Å². The van der Waals surface area contributed by atoms with Crippen LogP contribution in [0.3, 0.4) is 0 Å². The van der Waals surface area contributed by atoms with Crippen LogP contribution in [0.5, 0.6) is 0 Å². The predicted octanol–water partition coefficient (Wildman–Crippen LogP) is 4.21. The molecule has 0 bridgehead atoms. The molecular weight excluding hydrogens is 429 g/mol. The summed E-state index contributed by atoms with van der Waals surface area (Å²) in [5.41, 5.74) is 0. The SMILES string of the molecule is CCCCCCN([S+]([O-])CNC(=O)O/N=C(\C)SC)P(=S)(OCC)OCC. The number of thioether (sulfide) groups is 1. The van der Waals surface area contributed by atoms with Crippen LogP contribution in [-0.4, -0.2) is 51.7 Å². The molecule has 0 saturated heterocycles. The highest BCUT2D eigenvalue weighted by Crippen LogP contribution is 2.54. The van der Waals surface area contributed by atoms with Crippen molar-refractivity contribution in [1.29, 1.82) is 0 Å². The van der Waals surface area contributed by atoms with Crippen LogP contribution in [0.1, 0.15) is 53.4 Å². The molecule has 0 aromatic heterocycles. The second-order valence-corrected chi connectivity index (χ2v) is 11.2. The van der Waals surface area contributed by atoms with E-state index in [4.69, 9.17) is 25.7 Å². The Morgan fingerprint density at radius 3 is 2.41 bits per heavy atom. The zero-order valence-electron chi connectivity index (χ0n) is 16.8. The molecule has 1 unspecified atom stereocenters. The van der Waals surface area contributed by atoms with Crippen molar-refractivity contribution in [3.05, 3.63) is 0 Å². The van der Waals surface area contributed by atoms with E-state index in [0.29, 0.717) is 24.8 Å². The van der Waals surface area contributed by atoms with Crippen molar-refractivity contribution in [2.75, 3.05) is 31.9 Å². The molecule has 0 rings (SSSR count). The van der Waals surface area contributed by atoms with E-state index in [1.54, 1.807) is 11.0 Å². The largest absolute Gasteiger partial charge is 0.596 e. The van der Waals surface area contributed by atoms with Crippen LogP contribution in [0.25, 0.3) is 0 Å². The van der Waals surface area contributed by atoms with Crippen LogP contribution < -0.4 is 5.32 Å². The van der Waals surface area contributed by atoms with Crippen molar-refractivity contribution in [1.82, 2.24) is 9.39 Å². The molecule has 0 fully saturated rings. The zero-order valence-corrected chi connectivity index (χ0v) is 20.1. The average Bonchev–Trinajstić information content (AvgIpc) is 2.64. The standard InChI is InChI=1S/C15H32N3O5PS3/c1-6-9-10-11-12-18(24(25,21-7-2)22-8-3)27(20)13-16-15(19)23-17-14(4)26-5/h6-13H2,1-5H3,(H,16,19)/b17-14+. The van der Waals surface area contributed by atoms with Gasteiger partial charge < -0.3 is 13.6 Å². The van der Waals surface area contributed by atoms with Crippen molar-refractivity contribution < 1.29 is 23.2 Å². The fraction of sp³-hybridized carbons (Fsp3) is 0.867. The van der Waals surface area contributed by atoms with Gasteiger partial charge in [0.2, 0.25) is 5.88 Å². The van der Waals surface area contributed by atoms with Crippen LogP contribution in [0.4, 0.5) is 4.79 Å². The fourth-order valence-corrected chi connectivity index (χ4v) is 6.97. The van der Waals surface area contributed by atoms with Gasteiger partial charge in [0.05, 0.1) is 31.1 Å². The Morgan fingerprint density at radius 2 is 1.89 bits per heavy atom. The van der Waals surface area contributed by atoms with Crippen LogP contribution >= 0.6 is 18.4 Å². The van der Waals surface area contributed by atoms with Crippen molar-refractivity contribution in [2.45, 2.75) is 53.4 Å². The zero-order chi connectivity index (χ0) is 20.7. The Balaban J connectivity index is 4.96. The van der Waals surface area contributed by atoms with E-state index >= 15 is 0 Å². The first kappa shape index (κ1) is 27.1. The minimum absolute atomic E-state index is 0.154. The molecule has 1 amide bonds. The number of unbranched alkanes of at least 4 members (excludes halogenated alkanes) is 3. The lowest BCUT2D eigenvalue weighted by molar-refractivity contribution is 0.152. The maximum atomic E-state index is 12.8. The Morgan fingerprint density at radius 1 is 1.26 bits per heavy atom. The number of hydrogen-bond donors (Lipinski definition) is 1. The predicted molar refractivity (Wildman–Crippen MR) is 118 cm³/mol. The molecule has 0 aromatic rings. The molecule has 0 heterocycles. The molecule has 1 atom stereocenters. The number of hydrogen-bond acceptors (Lipinski definition) is 8. The first-order valence-electron chi connectivity index (χ1n) is 8.93. The minimum atomic E-state index is -2.89. The second-order valence-electron chi connectivity index (χ2n) is 5.28. The molecule has 0 aromatic carbocycles. The van der Waals surface area contributed by atoms with E-state index in [0.717, 1.165) is 25.7 Å². The quantitative estimate of drug-likeness (QED) is 0.0782. The summed E-state index contributed by atoms with van der Waals surface area (Å²) in [6, 6.07) is 0. The van der Waals surface area contributed by atoms with Crippen molar-refractivity contribution >= 4 is 52.7 Å². The minimum Gasteiger partial charge on any atom is -0.596 e. The molecule has 0 radical (unpaired) electrons. The maximum absolute atomic E-state index is 12.8. The summed E-state index contributed by atoms with van der Waals surface area (Å²) in [5.74, 6) is -0.154. The van der Waals surface area contributed by atoms with E-state index in [1.807, 2.05) is 20.1 Å². The first-order valence-corrected chi connectivity index (χ1v) is 14.0. The summed E-state index contributed by atoms with van der Waals surface area (Å²) < 4.78 is 25.8. The number of carbonyl (C=O) groups excluding carboxylic acids is 1. The lowest BCUT2D eigenvalue weighted by Gasteiger charge is -2.32. The lowest BCUT2D eigenvalue weighted by Crippen LogP contribution is -2.39. The second kappa shape index (κ2) is 16.0. The Hall–Kier alpha value is 0.130. The number of amides is 1. The molecule has 0 aliphatic heterocycles. The average molecular weight is 462 g/mol. The van der Waals surface area contributed by atoms with Crippen molar-refractivity contribution in [3.63, 3.8) is 0 Å². The lowest BCUT2D eigenvalue weighted by atomic mass is 10.2. The third-order valence-corrected chi connectivity index (χ3v) is 9.54. The summed E-state index contributed by atoms with van der Waals surface area (Å²) >= 11 is 5.34. The van der Waals surface area contributed by atoms with Crippen LogP contribution in [-0.2, 0) is 37.1 Å². The van der Waals surface area contributed by atoms with Gasteiger partial charge in [-0.2, -0.15) is 0 Å². The van der Waals surface area contributed by atoms with Gasteiger partial charge >= 0.3 is 12.7 Å². The Labute approximate surface area is 175 Å². The topological polar surface area (TPSA) is 95.5 Å². The van der Waals surface area contributed by atoms with Crippen LogP contribution in [0, 0.1) is 0 Å². The monoisotopic (exact) mass is 461 g/mol. The van der Waals surface area contributed by atoms with Crippen LogP contribution in [0.15, 0.2) is 5.16 Å². The normalized spacial score (nSPS) is 13.7. The highest BCUT2D eigenvalue weighted by molar-refractivity contribution is 8.13. The van der Waals surface area contributed by atoms with Gasteiger partial charge in [0.1, 0.15) is 5.04 Å². The van der Waals surface area contributed by atoms with Crippen molar-refractivity contribution in [2.24, 2.45) is 5.16 Å². The van der Waals surface area contributed by atoms with Gasteiger partial charge in [-0.05, 0) is 49.3 Å². The van der Waals surface area contributed by atoms with Gasteiger partial charge in [0, 0.05) is 0 Å². The van der Waals surface area contributed by atoms with Gasteiger partial charge in [-0.3, -0.25) is 10.2 Å². The smallest absolute Gasteiger partial charge is 0.437 e. The summed E-state index contributed by atoms with van der Waals surface area (Å²) in [6.45, 7) is 5.79. The number of carbonyl (C=O) groups is 1. The van der Waals surface area contributed by atoms with E-state index in [9.17, 15) is 9.35 Å². The van der Waals surface area contributed by atoms with Gasteiger partial charge in [-0.1, -0.05) is 31.3 Å². The molecule has 12 heteroatoms. The fourth-order valence-electron chi connectivity index (χ4n) is 1.87. The van der Waals surface area contributed by atoms with E-state index in [1.165, 1.54) is 11.8 Å². The number of rotatable bonds is 14. The van der Waals surface area contributed by atoms with Crippen LogP contribution in [0.2, 0.25) is 0 Å². The van der Waals surface area contributed by atoms with Crippen molar-refractivity contribution in [3.8, 4) is 0 Å². The molecule has 0 saturated carbocycles. The molecule has 1 N–H and O–H groups in total. The molecule has 0 aliphatic carbocycles. The van der Waals surface area contributed by atoms with Gasteiger partial charge in [-0.15, -0.1) is 11.8 Å². The Bertz CT molecular complexity index is 489. The molecular formula is C15H32N3O5PS3. The van der Waals surface area contributed by atoms with Gasteiger partial charge in [0.25, 0.3) is 0 Å². The third-order valence-electron chi connectivity index (χ3n) is 3.19. The maximum Gasteiger partial charge on any atom is 0.437 e. The number of nitrogens with one attached hydrogen (secondary N) is 1. The number of nitrogens with zero attached hydrogens (tertiary/aromatic N) is 2. The molecule has 0 spiro atoms. The highest BCUT2D eigenvalue weighted by Gasteiger charge is 2.37. The third kappa shape index (κ3) is 11.7. The van der Waals surface area contributed by atoms with Gasteiger partial charge in [-0.25, -0.2) is 4.79 Å². The van der Waals surface area contributed by atoms with E-state index in [2.05, 4.69) is 17.4 Å². The Kier molecular flexibility index (Phi) is 16.1. The number of oxime groups is 1.